The van der Waals surface area contributed by atoms with E-state index in [0.29, 0.717) is 11.6 Å². The summed E-state index contributed by atoms with van der Waals surface area (Å²) in [6.07, 6.45) is 0. The Balaban J connectivity index is 2.37. The first-order valence-electron chi connectivity index (χ1n) is 5.92. The molecule has 2 unspecified atom stereocenters. The number of hydrogen-bond acceptors (Lipinski definition) is 2. The summed E-state index contributed by atoms with van der Waals surface area (Å²) in [5.41, 5.74) is 0.945. The molecule has 5 heteroatoms. The predicted octanol–water partition coefficient (Wildman–Crippen LogP) is 2.16. The molecule has 0 spiro atoms. The average Bonchev–Trinajstić information content (AvgIpc) is 2.35. The lowest BCUT2D eigenvalue weighted by Crippen LogP contribution is -2.43. The Hall–Kier alpha value is -1.26. The van der Waals surface area contributed by atoms with Crippen LogP contribution in [-0.4, -0.2) is 23.8 Å². The van der Waals surface area contributed by atoms with Gasteiger partial charge in [0.05, 0.1) is 0 Å². The zero-order chi connectivity index (χ0) is 13.5. The molecular weight excluding hydrogens is 252 g/mol. The van der Waals surface area contributed by atoms with Gasteiger partial charge in [0.15, 0.2) is 0 Å². The maximum Gasteiger partial charge on any atom is 0.315 e. The van der Waals surface area contributed by atoms with Crippen LogP contribution in [0, 0.1) is 5.92 Å². The van der Waals surface area contributed by atoms with E-state index in [1.807, 2.05) is 32.0 Å². The number of nitrogens with one attached hydrogen (secondary N) is 2. The summed E-state index contributed by atoms with van der Waals surface area (Å²) in [6, 6.07) is 7.01. The standard InChI is InChI=1S/C13H19ClN2O2/c1-9(8-17)10(2)16-13(18)15-7-11-4-3-5-12(14)6-11/h3-6,9-10,17H,7-8H2,1-2H3,(H2,15,16,18). The number of benzene rings is 1. The van der Waals surface area contributed by atoms with E-state index in [2.05, 4.69) is 10.6 Å². The van der Waals surface area contributed by atoms with Gasteiger partial charge in [-0.15, -0.1) is 0 Å². The van der Waals surface area contributed by atoms with Crippen molar-refractivity contribution in [1.29, 1.82) is 0 Å². The lowest BCUT2D eigenvalue weighted by molar-refractivity contribution is 0.200. The van der Waals surface area contributed by atoms with Crippen molar-refractivity contribution in [3.05, 3.63) is 34.9 Å². The van der Waals surface area contributed by atoms with E-state index in [4.69, 9.17) is 16.7 Å². The summed E-state index contributed by atoms with van der Waals surface area (Å²) in [6.45, 7) is 4.21. The summed E-state index contributed by atoms with van der Waals surface area (Å²) in [4.78, 5) is 11.6. The van der Waals surface area contributed by atoms with Gasteiger partial charge in [-0.3, -0.25) is 0 Å². The monoisotopic (exact) mass is 270 g/mol. The van der Waals surface area contributed by atoms with Crippen molar-refractivity contribution < 1.29 is 9.90 Å². The lowest BCUT2D eigenvalue weighted by Gasteiger charge is -2.19. The molecule has 0 saturated heterocycles. The van der Waals surface area contributed by atoms with Crippen molar-refractivity contribution in [2.75, 3.05) is 6.61 Å². The van der Waals surface area contributed by atoms with Crippen molar-refractivity contribution in [2.24, 2.45) is 5.92 Å². The lowest BCUT2D eigenvalue weighted by atomic mass is 10.1. The molecule has 4 nitrogen and oxygen atoms in total. The fraction of sp³-hybridized carbons (Fsp3) is 0.462. The molecule has 0 fully saturated rings. The topological polar surface area (TPSA) is 61.4 Å². The van der Waals surface area contributed by atoms with Gasteiger partial charge in [0.1, 0.15) is 0 Å². The minimum atomic E-state index is -0.247. The molecule has 2 amide bonds. The first-order valence-corrected chi connectivity index (χ1v) is 6.30. The summed E-state index contributed by atoms with van der Waals surface area (Å²) < 4.78 is 0. The summed E-state index contributed by atoms with van der Waals surface area (Å²) in [5.74, 6) is 0.0296. The van der Waals surface area contributed by atoms with Gasteiger partial charge in [-0.1, -0.05) is 30.7 Å². The first kappa shape index (κ1) is 14.8. The molecule has 0 aromatic heterocycles. The van der Waals surface area contributed by atoms with Gasteiger partial charge in [-0.05, 0) is 30.5 Å². The Morgan fingerprint density at radius 2 is 2.17 bits per heavy atom. The van der Waals surface area contributed by atoms with E-state index < -0.39 is 0 Å². The smallest absolute Gasteiger partial charge is 0.315 e. The first-order chi connectivity index (χ1) is 8.52. The average molecular weight is 271 g/mol. The number of urea groups is 1. The van der Waals surface area contributed by atoms with Crippen LogP contribution < -0.4 is 10.6 Å². The zero-order valence-electron chi connectivity index (χ0n) is 10.6. The second-order valence-corrected chi connectivity index (χ2v) is 4.84. The molecule has 0 aliphatic carbocycles. The maximum atomic E-state index is 11.6. The van der Waals surface area contributed by atoms with E-state index in [1.165, 1.54) is 0 Å². The highest BCUT2D eigenvalue weighted by atomic mass is 35.5. The number of carbonyl (C=O) groups excluding carboxylic acids is 1. The van der Waals surface area contributed by atoms with E-state index in [0.717, 1.165) is 5.56 Å². The zero-order valence-corrected chi connectivity index (χ0v) is 11.4. The largest absolute Gasteiger partial charge is 0.396 e. The number of carbonyl (C=O) groups is 1. The van der Waals surface area contributed by atoms with Gasteiger partial charge in [0.2, 0.25) is 0 Å². The number of hydrogen-bond donors (Lipinski definition) is 3. The molecule has 0 aliphatic rings. The Labute approximate surface area is 112 Å². The fourth-order valence-corrected chi connectivity index (χ4v) is 1.60. The third-order valence-corrected chi connectivity index (χ3v) is 3.08. The van der Waals surface area contributed by atoms with Crippen LogP contribution in [0.3, 0.4) is 0 Å². The number of aliphatic hydroxyl groups excluding tert-OH is 1. The molecule has 2 atom stereocenters. The Morgan fingerprint density at radius 1 is 1.44 bits per heavy atom. The van der Waals surface area contributed by atoms with E-state index in [-0.39, 0.29) is 24.6 Å². The Kier molecular flexibility index (Phi) is 5.95. The summed E-state index contributed by atoms with van der Waals surface area (Å²) in [7, 11) is 0. The minimum absolute atomic E-state index is 0.0296. The molecule has 3 N–H and O–H groups in total. The number of aliphatic hydroxyl groups is 1. The second kappa shape index (κ2) is 7.24. The van der Waals surface area contributed by atoms with Crippen LogP contribution in [0.25, 0.3) is 0 Å². The van der Waals surface area contributed by atoms with Gasteiger partial charge in [0, 0.05) is 24.2 Å². The highest BCUT2D eigenvalue weighted by molar-refractivity contribution is 6.30. The van der Waals surface area contributed by atoms with Gasteiger partial charge >= 0.3 is 6.03 Å². The highest BCUT2D eigenvalue weighted by Crippen LogP contribution is 2.10. The molecular formula is C13H19ClN2O2. The second-order valence-electron chi connectivity index (χ2n) is 4.41. The highest BCUT2D eigenvalue weighted by Gasteiger charge is 2.13. The third kappa shape index (κ3) is 4.94. The predicted molar refractivity (Wildman–Crippen MR) is 72.5 cm³/mol. The number of rotatable bonds is 5. The third-order valence-electron chi connectivity index (χ3n) is 2.84. The van der Waals surface area contributed by atoms with E-state index >= 15 is 0 Å². The van der Waals surface area contributed by atoms with Crippen LogP contribution in [0.5, 0.6) is 0 Å². The number of amides is 2. The van der Waals surface area contributed by atoms with Crippen LogP contribution in [0.4, 0.5) is 4.79 Å². The molecule has 18 heavy (non-hydrogen) atoms. The van der Waals surface area contributed by atoms with Crippen molar-refractivity contribution in [1.82, 2.24) is 10.6 Å². The minimum Gasteiger partial charge on any atom is -0.396 e. The molecule has 0 radical (unpaired) electrons. The van der Waals surface area contributed by atoms with Gasteiger partial charge in [0.25, 0.3) is 0 Å². The fourth-order valence-electron chi connectivity index (χ4n) is 1.39. The van der Waals surface area contributed by atoms with Crippen molar-refractivity contribution >= 4 is 17.6 Å². The Bertz CT molecular complexity index is 398. The molecule has 0 bridgehead atoms. The molecule has 0 heterocycles. The van der Waals surface area contributed by atoms with Gasteiger partial charge < -0.3 is 15.7 Å². The quantitative estimate of drug-likeness (QED) is 0.768. The molecule has 0 saturated carbocycles. The van der Waals surface area contributed by atoms with E-state index in [1.54, 1.807) is 6.07 Å². The summed E-state index contributed by atoms with van der Waals surface area (Å²) >= 11 is 5.85. The normalized spacial score (nSPS) is 13.8. The summed E-state index contributed by atoms with van der Waals surface area (Å²) in [5, 5.41) is 15.1. The van der Waals surface area contributed by atoms with Crippen molar-refractivity contribution in [3.63, 3.8) is 0 Å². The van der Waals surface area contributed by atoms with E-state index in [9.17, 15) is 4.79 Å². The van der Waals surface area contributed by atoms with Crippen molar-refractivity contribution in [3.8, 4) is 0 Å². The SMILES string of the molecule is CC(CO)C(C)NC(=O)NCc1cccc(Cl)c1. The van der Waals surface area contributed by atoms with Crippen LogP contribution in [-0.2, 0) is 6.54 Å². The van der Waals surface area contributed by atoms with Gasteiger partial charge in [-0.2, -0.15) is 0 Å². The maximum absolute atomic E-state index is 11.6. The molecule has 0 aliphatic heterocycles. The number of halogens is 1. The molecule has 1 aromatic rings. The molecule has 1 rings (SSSR count). The molecule has 100 valence electrons. The molecule has 1 aromatic carbocycles. The van der Waals surface area contributed by atoms with Crippen LogP contribution in [0.1, 0.15) is 19.4 Å². The van der Waals surface area contributed by atoms with Crippen LogP contribution >= 0.6 is 11.6 Å². The van der Waals surface area contributed by atoms with Crippen LogP contribution in [0.2, 0.25) is 5.02 Å². The van der Waals surface area contributed by atoms with Crippen LogP contribution in [0.15, 0.2) is 24.3 Å². The van der Waals surface area contributed by atoms with Crippen molar-refractivity contribution in [2.45, 2.75) is 26.4 Å². The Morgan fingerprint density at radius 3 is 2.78 bits per heavy atom. The van der Waals surface area contributed by atoms with Gasteiger partial charge in [-0.25, -0.2) is 4.79 Å².